The molecule has 0 aliphatic rings. The van der Waals surface area contributed by atoms with Crippen LogP contribution in [0.15, 0.2) is 0 Å². The van der Waals surface area contributed by atoms with E-state index in [0.717, 1.165) is 0 Å². The first kappa shape index (κ1) is 26.8. The number of carbonyl (C=O) groups excluding carboxylic acids is 4. The topological polar surface area (TPSA) is 116 Å². The van der Waals surface area contributed by atoms with Gasteiger partial charge in [0.05, 0.1) is 19.6 Å². The molecule has 0 heterocycles. The summed E-state index contributed by atoms with van der Waals surface area (Å²) in [6.07, 6.45) is 0. The Morgan fingerprint density at radius 3 is 1.48 bits per heavy atom. The fourth-order valence-corrected chi connectivity index (χ4v) is 1.19. The van der Waals surface area contributed by atoms with Crippen LogP contribution in [0.3, 0.4) is 0 Å². The third-order valence-corrected chi connectivity index (χ3v) is 2.18. The van der Waals surface area contributed by atoms with Crippen LogP contribution in [-0.4, -0.2) is 55.1 Å². The summed E-state index contributed by atoms with van der Waals surface area (Å²) in [7, 11) is 0. The van der Waals surface area contributed by atoms with Gasteiger partial charge in [0.2, 0.25) is 17.7 Å². The molecular formula is C13H25IrN4O4S-. The van der Waals surface area contributed by atoms with Crippen molar-refractivity contribution in [2.75, 3.05) is 25.4 Å². The van der Waals surface area contributed by atoms with E-state index in [2.05, 4.69) is 33.9 Å². The second kappa shape index (κ2) is 17.2. The maximum absolute atomic E-state index is 11.3. The molecule has 10 heteroatoms. The third kappa shape index (κ3) is 18.8. The van der Waals surface area contributed by atoms with Gasteiger partial charge in [0.15, 0.2) is 5.91 Å². The molecule has 0 aromatic rings. The van der Waals surface area contributed by atoms with Crippen molar-refractivity contribution in [3.8, 4) is 0 Å². The second-order valence-corrected chi connectivity index (χ2v) is 4.49. The van der Waals surface area contributed by atoms with Crippen LogP contribution in [0.25, 0.3) is 0 Å². The Morgan fingerprint density at radius 1 is 0.783 bits per heavy atom. The standard InChI is InChI=1S/C11H20N4O4S.C2H6.Ir/c1-7(2)15-10(18)5-13-8(16)3-12-9(17)4-14-11(19)6-20;1-2;/h7,20H,3-6H2,1-2H3,(H,12,17)(H,13,16)(H,14,19)(H,15,18);1-2H3;/p-1. The van der Waals surface area contributed by atoms with Gasteiger partial charge in [-0.1, -0.05) is 19.6 Å². The molecule has 0 aliphatic heterocycles. The molecule has 0 atom stereocenters. The van der Waals surface area contributed by atoms with Crippen LogP contribution < -0.4 is 21.3 Å². The molecular weight excluding hydrogens is 500 g/mol. The maximum atomic E-state index is 11.3. The molecule has 0 unspecified atom stereocenters. The van der Waals surface area contributed by atoms with Crippen LogP contribution in [-0.2, 0) is 51.9 Å². The predicted octanol–water partition coefficient (Wildman–Crippen LogP) is -1.57. The average Bonchev–Trinajstić information content (AvgIpc) is 2.49. The quantitative estimate of drug-likeness (QED) is 0.286. The maximum Gasteiger partial charge on any atom is 0.239 e. The van der Waals surface area contributed by atoms with Gasteiger partial charge in [-0.25, -0.2) is 0 Å². The van der Waals surface area contributed by atoms with Crippen molar-refractivity contribution in [3.63, 3.8) is 0 Å². The van der Waals surface area contributed by atoms with Crippen molar-refractivity contribution < 1.29 is 39.3 Å². The zero-order valence-electron chi connectivity index (χ0n) is 13.8. The first-order chi connectivity index (χ1) is 10.3. The van der Waals surface area contributed by atoms with E-state index in [1.54, 1.807) is 13.8 Å². The smallest absolute Gasteiger partial charge is 0.239 e. The Morgan fingerprint density at radius 2 is 1.13 bits per heavy atom. The van der Waals surface area contributed by atoms with Crippen molar-refractivity contribution in [3.05, 3.63) is 0 Å². The Kier molecular flexibility index (Phi) is 20.1. The minimum atomic E-state index is -0.511. The Bertz CT molecular complexity index is 381. The molecule has 0 saturated carbocycles. The average molecular weight is 526 g/mol. The van der Waals surface area contributed by atoms with Crippen LogP contribution in [0.1, 0.15) is 27.7 Å². The van der Waals surface area contributed by atoms with Gasteiger partial charge in [0.1, 0.15) is 0 Å². The van der Waals surface area contributed by atoms with E-state index in [9.17, 15) is 19.2 Å². The number of carbonyl (C=O) groups is 4. The van der Waals surface area contributed by atoms with Gasteiger partial charge in [-0.15, -0.1) is 0 Å². The summed E-state index contributed by atoms with van der Waals surface area (Å²) in [5.74, 6) is -1.86. The SMILES string of the molecule is CC.CC(C)NC(=O)CNC(=O)CNC(=O)CNC(=O)C[S-].[Ir]. The fraction of sp³-hybridized carbons (Fsp3) is 0.692. The Labute approximate surface area is 156 Å². The van der Waals surface area contributed by atoms with E-state index >= 15 is 0 Å². The first-order valence-corrected chi connectivity index (χ1v) is 7.60. The molecule has 0 fully saturated rings. The number of nitrogens with one attached hydrogen (secondary N) is 4. The van der Waals surface area contributed by atoms with Crippen molar-refractivity contribution in [2.24, 2.45) is 0 Å². The summed E-state index contributed by atoms with van der Waals surface area (Å²) >= 11 is 4.48. The number of amides is 4. The zero-order chi connectivity index (χ0) is 17.5. The Balaban J connectivity index is -0.00000128. The summed E-state index contributed by atoms with van der Waals surface area (Å²) in [5, 5.41) is 9.52. The van der Waals surface area contributed by atoms with E-state index in [1.807, 2.05) is 13.8 Å². The predicted molar refractivity (Wildman–Crippen MR) is 85.9 cm³/mol. The molecule has 0 aromatic heterocycles. The normalized spacial score (nSPS) is 8.78. The van der Waals surface area contributed by atoms with Crippen molar-refractivity contribution >= 4 is 36.3 Å². The molecule has 8 nitrogen and oxygen atoms in total. The monoisotopic (exact) mass is 526 g/mol. The molecule has 0 aromatic carbocycles. The summed E-state index contributed by atoms with van der Waals surface area (Å²) in [4.78, 5) is 44.6. The number of hydrogen-bond donors (Lipinski definition) is 4. The van der Waals surface area contributed by atoms with E-state index in [-0.39, 0.29) is 57.4 Å². The molecule has 137 valence electrons. The van der Waals surface area contributed by atoms with E-state index < -0.39 is 17.7 Å². The summed E-state index contributed by atoms with van der Waals surface area (Å²) < 4.78 is 0. The van der Waals surface area contributed by atoms with E-state index in [0.29, 0.717) is 0 Å². The van der Waals surface area contributed by atoms with Crippen molar-refractivity contribution in [2.45, 2.75) is 33.7 Å². The number of rotatable bonds is 8. The summed E-state index contributed by atoms with van der Waals surface area (Å²) in [5.41, 5.74) is 0. The molecule has 4 N–H and O–H groups in total. The van der Waals surface area contributed by atoms with Gasteiger partial charge in [-0.3, -0.25) is 19.2 Å². The molecule has 0 rings (SSSR count). The summed E-state index contributed by atoms with van der Waals surface area (Å²) in [6, 6.07) is -0.00732. The minimum absolute atomic E-state index is 0. The molecule has 0 aliphatic carbocycles. The zero-order valence-corrected chi connectivity index (χ0v) is 17.0. The largest absolute Gasteiger partial charge is 0.783 e. The molecule has 0 spiro atoms. The van der Waals surface area contributed by atoms with Crippen LogP contribution in [0.4, 0.5) is 0 Å². The molecule has 0 saturated heterocycles. The van der Waals surface area contributed by atoms with Crippen LogP contribution in [0.5, 0.6) is 0 Å². The van der Waals surface area contributed by atoms with Crippen molar-refractivity contribution in [1.29, 1.82) is 0 Å². The van der Waals surface area contributed by atoms with E-state index in [4.69, 9.17) is 0 Å². The molecule has 4 amide bonds. The van der Waals surface area contributed by atoms with Gasteiger partial charge in [0, 0.05) is 26.1 Å². The van der Waals surface area contributed by atoms with E-state index in [1.165, 1.54) is 0 Å². The van der Waals surface area contributed by atoms with Gasteiger partial charge in [0.25, 0.3) is 0 Å². The summed E-state index contributed by atoms with van der Waals surface area (Å²) in [6.45, 7) is 6.95. The van der Waals surface area contributed by atoms with Gasteiger partial charge >= 0.3 is 0 Å². The molecule has 23 heavy (non-hydrogen) atoms. The number of hydrogen-bond acceptors (Lipinski definition) is 5. The molecule has 0 bridgehead atoms. The van der Waals surface area contributed by atoms with Gasteiger partial charge in [-0.2, -0.15) is 0 Å². The van der Waals surface area contributed by atoms with Gasteiger partial charge in [-0.05, 0) is 13.8 Å². The fourth-order valence-electron chi connectivity index (χ4n) is 1.09. The van der Waals surface area contributed by atoms with Crippen LogP contribution in [0.2, 0.25) is 0 Å². The molecule has 1 radical (unpaired) electrons. The first-order valence-electron chi connectivity index (χ1n) is 7.02. The van der Waals surface area contributed by atoms with Crippen molar-refractivity contribution in [1.82, 2.24) is 21.3 Å². The Hall–Kier alpha value is -1.12. The van der Waals surface area contributed by atoms with Gasteiger partial charge < -0.3 is 33.9 Å². The minimum Gasteiger partial charge on any atom is -0.783 e. The second-order valence-electron chi connectivity index (χ2n) is 4.20. The van der Waals surface area contributed by atoms with Crippen LogP contribution >= 0.6 is 0 Å². The van der Waals surface area contributed by atoms with Crippen LogP contribution in [0, 0.1) is 0 Å². The third-order valence-electron chi connectivity index (χ3n) is 1.92.